The van der Waals surface area contributed by atoms with E-state index in [0.717, 1.165) is 44.6 Å². The minimum atomic E-state index is -0.774. The van der Waals surface area contributed by atoms with Gasteiger partial charge in [-0.3, -0.25) is 19.4 Å². The molecule has 0 radical (unpaired) electrons. The molecule has 1 amide bonds. The zero-order chi connectivity index (χ0) is 34.7. The summed E-state index contributed by atoms with van der Waals surface area (Å²) in [5, 5.41) is 28.9. The summed E-state index contributed by atoms with van der Waals surface area (Å²) < 4.78 is 12.5. The summed E-state index contributed by atoms with van der Waals surface area (Å²) in [6.07, 6.45) is 0.268. The molecule has 0 unspecified atom stereocenters. The molecule has 2 N–H and O–H groups in total. The summed E-state index contributed by atoms with van der Waals surface area (Å²) >= 11 is 0. The fourth-order valence-electron chi connectivity index (χ4n) is 7.43. The van der Waals surface area contributed by atoms with E-state index in [2.05, 4.69) is 23.1 Å². The number of nitrogens with zero attached hydrogens (tertiary/aromatic N) is 6. The van der Waals surface area contributed by atoms with Crippen molar-refractivity contribution in [3.63, 3.8) is 0 Å². The van der Waals surface area contributed by atoms with Crippen LogP contribution in [0.25, 0.3) is 45.1 Å². The van der Waals surface area contributed by atoms with Gasteiger partial charge >= 0.3 is 5.97 Å². The number of hydrogen-bond donors (Lipinski definition) is 2. The molecule has 1 atom stereocenters. The van der Waals surface area contributed by atoms with Gasteiger partial charge in [0.25, 0.3) is 0 Å². The lowest BCUT2D eigenvalue weighted by Gasteiger charge is -2.35. The molecule has 12 heteroatoms. The Morgan fingerprint density at radius 3 is 2.22 bits per heavy atom. The zero-order valence-corrected chi connectivity index (χ0v) is 27.8. The average Bonchev–Trinajstić information content (AvgIpc) is 3.88. The molecule has 0 saturated carbocycles. The minimum absolute atomic E-state index is 0.00108. The number of aliphatic hydroxyl groups is 1. The van der Waals surface area contributed by atoms with Crippen molar-refractivity contribution in [2.24, 2.45) is 5.92 Å². The summed E-state index contributed by atoms with van der Waals surface area (Å²) in [7, 11) is 0. The maximum atomic E-state index is 12.8. The fraction of sp³-hybridized carbons (Fsp3) is 0.342. The van der Waals surface area contributed by atoms with Crippen molar-refractivity contribution in [3.8, 4) is 40.1 Å². The molecule has 8 rings (SSSR count). The number of likely N-dealkylation sites (tertiary alicyclic amines) is 2. The van der Waals surface area contributed by atoms with Crippen LogP contribution >= 0.6 is 0 Å². The molecule has 2 saturated heterocycles. The number of benzene rings is 3. The summed E-state index contributed by atoms with van der Waals surface area (Å²) in [6, 6.07) is 18.0. The molecule has 50 heavy (non-hydrogen) atoms. The van der Waals surface area contributed by atoms with Crippen molar-refractivity contribution in [1.29, 1.82) is 5.26 Å². The number of carbonyl (C=O) groups excluding carboxylic acids is 1. The second kappa shape index (κ2) is 12.5. The highest BCUT2D eigenvalue weighted by atomic mass is 16.4. The highest BCUT2D eigenvalue weighted by Crippen LogP contribution is 2.39. The van der Waals surface area contributed by atoms with Crippen LogP contribution in [0.15, 0.2) is 57.4 Å². The molecule has 2 fully saturated rings. The third kappa shape index (κ3) is 5.73. The first-order valence-corrected chi connectivity index (χ1v) is 16.8. The van der Waals surface area contributed by atoms with Gasteiger partial charge in [-0.15, -0.1) is 0 Å². The first kappa shape index (κ1) is 31.9. The Labute approximate surface area is 288 Å². The van der Waals surface area contributed by atoms with Gasteiger partial charge < -0.3 is 23.9 Å². The van der Waals surface area contributed by atoms with Gasteiger partial charge in [0, 0.05) is 37.3 Å². The maximum absolute atomic E-state index is 12.8. The number of β-amino-alcohol motifs (C(OH)–C–C–N with tert-alkyl or cyclic N) is 1. The van der Waals surface area contributed by atoms with Crippen LogP contribution in [0.1, 0.15) is 40.1 Å². The van der Waals surface area contributed by atoms with Gasteiger partial charge in [-0.1, -0.05) is 24.3 Å². The van der Waals surface area contributed by atoms with Crippen molar-refractivity contribution in [1.82, 2.24) is 24.7 Å². The van der Waals surface area contributed by atoms with Gasteiger partial charge in [-0.05, 0) is 78.9 Å². The summed E-state index contributed by atoms with van der Waals surface area (Å²) in [6.45, 7) is 7.90. The number of aliphatic carboxylic acids is 1. The van der Waals surface area contributed by atoms with Crippen LogP contribution in [0.5, 0.6) is 0 Å². The Balaban J connectivity index is 1.04. The summed E-state index contributed by atoms with van der Waals surface area (Å²) in [5.41, 5.74) is 8.71. The van der Waals surface area contributed by atoms with Crippen LogP contribution < -0.4 is 0 Å². The van der Waals surface area contributed by atoms with E-state index in [4.69, 9.17) is 18.8 Å². The van der Waals surface area contributed by atoms with E-state index in [1.165, 1.54) is 0 Å². The van der Waals surface area contributed by atoms with Gasteiger partial charge in [-0.2, -0.15) is 5.26 Å². The highest BCUT2D eigenvalue weighted by molar-refractivity contribution is 5.85. The molecule has 254 valence electrons. The molecular weight excluding hydrogens is 636 g/mol. The summed E-state index contributed by atoms with van der Waals surface area (Å²) in [5.74, 6) is 0.491. The van der Waals surface area contributed by atoms with E-state index in [1.54, 1.807) is 11.0 Å². The first-order chi connectivity index (χ1) is 24.1. The maximum Gasteiger partial charge on any atom is 0.307 e. The van der Waals surface area contributed by atoms with Crippen LogP contribution in [0.2, 0.25) is 0 Å². The predicted molar refractivity (Wildman–Crippen MR) is 182 cm³/mol. The Kier molecular flexibility index (Phi) is 7.98. The molecule has 3 aliphatic heterocycles. The number of nitriles is 1. The van der Waals surface area contributed by atoms with Gasteiger partial charge in [-0.25, -0.2) is 9.97 Å². The number of amides is 1. The lowest BCUT2D eigenvalue weighted by Crippen LogP contribution is -2.53. The Hall–Kier alpha value is -5.35. The van der Waals surface area contributed by atoms with Crippen molar-refractivity contribution in [2.45, 2.75) is 46.0 Å². The number of rotatable bonds is 8. The molecule has 2 aromatic heterocycles. The van der Waals surface area contributed by atoms with E-state index in [-0.39, 0.29) is 24.5 Å². The van der Waals surface area contributed by atoms with Gasteiger partial charge in [0.1, 0.15) is 23.0 Å². The molecule has 0 bridgehead atoms. The van der Waals surface area contributed by atoms with Crippen molar-refractivity contribution >= 4 is 23.0 Å². The smallest absolute Gasteiger partial charge is 0.307 e. The second-order valence-corrected chi connectivity index (χ2v) is 13.6. The Morgan fingerprint density at radius 1 is 0.920 bits per heavy atom. The quantitative estimate of drug-likeness (QED) is 0.235. The standard InChI is InChI=1S/C38H36N6O6/c1-21-27(5-3-7-29(21)36-41-32-18-44(19-33(32)49-36)34(46)20-43-16-26(45)17-43)28-6-4-8-30(22(28)2)37-40-31-12-23(11-25(13-39)35(31)50-37)14-42-10-9-24(15-42)38(47)48/h3-8,11-12,24,26,45H,9-10,14-20H2,1-2H3,(H,47,48)/t24-/m1/s1. The Bertz CT molecular complexity index is 2190. The molecule has 5 heterocycles. The number of aliphatic hydroxyl groups excluding tert-OH is 1. The second-order valence-electron chi connectivity index (χ2n) is 13.6. The van der Waals surface area contributed by atoms with E-state index >= 15 is 0 Å². The predicted octanol–water partition coefficient (Wildman–Crippen LogP) is 4.73. The molecule has 0 spiro atoms. The average molecular weight is 673 g/mol. The largest absolute Gasteiger partial charge is 0.481 e. The van der Waals surface area contributed by atoms with Crippen LogP contribution in [0, 0.1) is 31.1 Å². The lowest BCUT2D eigenvalue weighted by atomic mass is 9.91. The first-order valence-electron chi connectivity index (χ1n) is 16.8. The van der Waals surface area contributed by atoms with E-state index in [0.29, 0.717) is 86.4 Å². The number of fused-ring (bicyclic) bond motifs is 2. The van der Waals surface area contributed by atoms with E-state index < -0.39 is 5.97 Å². The van der Waals surface area contributed by atoms with Gasteiger partial charge in [0.2, 0.25) is 17.7 Å². The molecule has 5 aromatic rings. The van der Waals surface area contributed by atoms with Gasteiger partial charge in [0.15, 0.2) is 5.58 Å². The molecule has 12 nitrogen and oxygen atoms in total. The molecule has 0 aliphatic carbocycles. The fourth-order valence-corrected chi connectivity index (χ4v) is 7.43. The molecular formula is C38H36N6O6. The number of carboxylic acids is 1. The van der Waals surface area contributed by atoms with E-state index in [9.17, 15) is 25.1 Å². The van der Waals surface area contributed by atoms with Crippen LogP contribution in [-0.4, -0.2) is 85.6 Å². The van der Waals surface area contributed by atoms with Crippen LogP contribution in [0.3, 0.4) is 0 Å². The third-order valence-corrected chi connectivity index (χ3v) is 10.2. The SMILES string of the molecule is Cc1c(-c2nc3c(o2)CN(C(=O)CN2CC(O)C2)C3)cccc1-c1cccc(-c2nc3cc(CN4CC[C@@H](C(=O)O)C4)cc(C#N)c3o2)c1C. The van der Waals surface area contributed by atoms with Crippen molar-refractivity contribution in [2.75, 3.05) is 32.7 Å². The van der Waals surface area contributed by atoms with Crippen LogP contribution in [0.4, 0.5) is 0 Å². The third-order valence-electron chi connectivity index (χ3n) is 10.2. The number of hydrogen-bond acceptors (Lipinski definition) is 10. The number of carbonyl (C=O) groups is 2. The summed E-state index contributed by atoms with van der Waals surface area (Å²) in [4.78, 5) is 39.6. The number of oxazole rings is 2. The lowest BCUT2D eigenvalue weighted by molar-refractivity contribution is -0.141. The van der Waals surface area contributed by atoms with Gasteiger partial charge in [0.05, 0.1) is 37.2 Å². The topological polar surface area (TPSA) is 160 Å². The Morgan fingerprint density at radius 2 is 1.60 bits per heavy atom. The molecule has 3 aromatic carbocycles. The van der Waals surface area contributed by atoms with Crippen LogP contribution in [-0.2, 0) is 29.2 Å². The normalized spacial score (nSPS) is 18.0. The highest BCUT2D eigenvalue weighted by Gasteiger charge is 2.33. The number of carboxylic acid groups (broad SMARTS) is 1. The monoisotopic (exact) mass is 672 g/mol. The van der Waals surface area contributed by atoms with Crippen molar-refractivity contribution < 1.29 is 28.6 Å². The zero-order valence-electron chi connectivity index (χ0n) is 27.8. The minimum Gasteiger partial charge on any atom is -0.481 e. The van der Waals surface area contributed by atoms with Crippen molar-refractivity contribution in [3.05, 3.63) is 82.2 Å². The number of aromatic nitrogens is 2. The van der Waals surface area contributed by atoms with E-state index in [1.807, 2.05) is 49.1 Å². The molecule has 3 aliphatic rings.